The molecule has 1 aromatic carbocycles. The lowest BCUT2D eigenvalue weighted by Gasteiger charge is -2.24. The number of anilines is 1. The molecular weight excluding hydrogens is 318 g/mol. The second kappa shape index (κ2) is 7.10. The van der Waals surface area contributed by atoms with Crippen LogP contribution in [0.4, 0.5) is 5.69 Å². The van der Waals surface area contributed by atoms with E-state index < -0.39 is 16.1 Å². The number of sulfonamides is 1. The van der Waals surface area contributed by atoms with Crippen molar-refractivity contribution in [2.75, 3.05) is 24.2 Å². The summed E-state index contributed by atoms with van der Waals surface area (Å²) >= 11 is 0. The molecule has 1 atom stereocenters. The number of amides is 2. The Morgan fingerprint density at radius 1 is 1.26 bits per heavy atom. The van der Waals surface area contributed by atoms with E-state index in [0.29, 0.717) is 12.8 Å². The highest BCUT2D eigenvalue weighted by Gasteiger charge is 2.37. The Labute approximate surface area is 136 Å². The van der Waals surface area contributed by atoms with Gasteiger partial charge in [0.25, 0.3) is 0 Å². The van der Waals surface area contributed by atoms with E-state index in [4.69, 9.17) is 0 Å². The third-order valence-corrected chi connectivity index (χ3v) is 4.37. The van der Waals surface area contributed by atoms with E-state index in [1.54, 1.807) is 6.92 Å². The molecule has 0 bridgehead atoms. The normalized spacial score (nSPS) is 17.0. The summed E-state index contributed by atoms with van der Waals surface area (Å²) in [5, 5.41) is 2.68. The van der Waals surface area contributed by atoms with Crippen molar-refractivity contribution < 1.29 is 18.0 Å². The van der Waals surface area contributed by atoms with Crippen molar-refractivity contribution in [3.8, 4) is 0 Å². The summed E-state index contributed by atoms with van der Waals surface area (Å²) in [5.74, 6) is -0.386. The number of fused-ring (bicyclic) bond motifs is 1. The lowest BCUT2D eigenvalue weighted by molar-refractivity contribution is -0.126. The molecule has 0 aliphatic carbocycles. The lowest BCUT2D eigenvalue weighted by atomic mass is 10.1. The zero-order valence-corrected chi connectivity index (χ0v) is 14.0. The molecule has 23 heavy (non-hydrogen) atoms. The van der Waals surface area contributed by atoms with Crippen LogP contribution in [0.25, 0.3) is 0 Å². The SMILES string of the molecule is CCC(=O)N1c2ccccc2C[C@H]1C(=O)NCCNS(C)(=O)=O. The summed E-state index contributed by atoms with van der Waals surface area (Å²) in [7, 11) is -3.28. The Kier molecular flexibility index (Phi) is 5.38. The fraction of sp³-hybridized carbons (Fsp3) is 0.467. The Hall–Kier alpha value is -1.93. The van der Waals surface area contributed by atoms with E-state index >= 15 is 0 Å². The maximum atomic E-state index is 12.4. The van der Waals surface area contributed by atoms with Gasteiger partial charge in [0.05, 0.1) is 6.26 Å². The highest BCUT2D eigenvalue weighted by molar-refractivity contribution is 7.88. The van der Waals surface area contributed by atoms with E-state index in [2.05, 4.69) is 10.0 Å². The van der Waals surface area contributed by atoms with Gasteiger partial charge in [0, 0.05) is 31.6 Å². The van der Waals surface area contributed by atoms with Gasteiger partial charge in [-0.1, -0.05) is 25.1 Å². The number of rotatable bonds is 6. The second-order valence-corrected chi connectivity index (χ2v) is 7.26. The molecule has 2 amide bonds. The molecule has 0 aromatic heterocycles. The highest BCUT2D eigenvalue weighted by atomic mass is 32.2. The average molecular weight is 339 g/mol. The predicted molar refractivity (Wildman–Crippen MR) is 87.6 cm³/mol. The largest absolute Gasteiger partial charge is 0.353 e. The van der Waals surface area contributed by atoms with Crippen molar-refractivity contribution >= 4 is 27.5 Å². The van der Waals surface area contributed by atoms with Crippen LogP contribution in [0.15, 0.2) is 24.3 Å². The van der Waals surface area contributed by atoms with Crippen LogP contribution >= 0.6 is 0 Å². The van der Waals surface area contributed by atoms with Crippen molar-refractivity contribution in [1.82, 2.24) is 10.0 Å². The van der Waals surface area contributed by atoms with Gasteiger partial charge in [-0.25, -0.2) is 13.1 Å². The van der Waals surface area contributed by atoms with E-state index in [1.165, 1.54) is 4.90 Å². The van der Waals surface area contributed by atoms with Gasteiger partial charge in [0.15, 0.2) is 0 Å². The van der Waals surface area contributed by atoms with Crippen LogP contribution in [0, 0.1) is 0 Å². The predicted octanol–water partition coefficient (Wildman–Crippen LogP) is 0.0197. The molecule has 0 fully saturated rings. The van der Waals surface area contributed by atoms with Crippen molar-refractivity contribution in [3.63, 3.8) is 0 Å². The molecule has 1 heterocycles. The zero-order valence-electron chi connectivity index (χ0n) is 13.2. The quantitative estimate of drug-likeness (QED) is 0.714. The number of hydrogen-bond acceptors (Lipinski definition) is 4. The molecule has 0 saturated carbocycles. The molecular formula is C15H21N3O4S. The molecule has 1 aromatic rings. The first-order chi connectivity index (χ1) is 10.8. The minimum atomic E-state index is -3.28. The van der Waals surface area contributed by atoms with Crippen molar-refractivity contribution in [2.24, 2.45) is 0 Å². The van der Waals surface area contributed by atoms with Crippen molar-refractivity contribution in [3.05, 3.63) is 29.8 Å². The monoisotopic (exact) mass is 339 g/mol. The Balaban J connectivity index is 2.03. The fourth-order valence-corrected chi connectivity index (χ4v) is 3.09. The molecule has 0 unspecified atom stereocenters. The topological polar surface area (TPSA) is 95.6 Å². The van der Waals surface area contributed by atoms with Gasteiger partial charge >= 0.3 is 0 Å². The van der Waals surface area contributed by atoms with Crippen LogP contribution in [0.3, 0.4) is 0 Å². The first-order valence-electron chi connectivity index (χ1n) is 7.45. The van der Waals surface area contributed by atoms with E-state index in [9.17, 15) is 18.0 Å². The Morgan fingerprint density at radius 3 is 2.61 bits per heavy atom. The van der Waals surface area contributed by atoms with Crippen LogP contribution in [0.1, 0.15) is 18.9 Å². The summed E-state index contributed by atoms with van der Waals surface area (Å²) in [4.78, 5) is 26.1. The van der Waals surface area contributed by atoms with Gasteiger partial charge in [-0.2, -0.15) is 0 Å². The maximum Gasteiger partial charge on any atom is 0.243 e. The molecule has 7 nitrogen and oxygen atoms in total. The van der Waals surface area contributed by atoms with E-state index in [-0.39, 0.29) is 24.9 Å². The van der Waals surface area contributed by atoms with Gasteiger partial charge in [-0.3, -0.25) is 14.5 Å². The fourth-order valence-electron chi connectivity index (χ4n) is 2.61. The third-order valence-electron chi connectivity index (χ3n) is 3.64. The molecule has 8 heteroatoms. The van der Waals surface area contributed by atoms with E-state index in [1.807, 2.05) is 24.3 Å². The van der Waals surface area contributed by atoms with Crippen LogP contribution in [-0.2, 0) is 26.0 Å². The minimum Gasteiger partial charge on any atom is -0.353 e. The molecule has 126 valence electrons. The van der Waals surface area contributed by atoms with Gasteiger partial charge in [-0.05, 0) is 11.6 Å². The van der Waals surface area contributed by atoms with Crippen LogP contribution < -0.4 is 14.9 Å². The van der Waals surface area contributed by atoms with Gasteiger partial charge in [0.1, 0.15) is 6.04 Å². The lowest BCUT2D eigenvalue weighted by Crippen LogP contribution is -2.49. The maximum absolute atomic E-state index is 12.4. The summed E-state index contributed by atoms with van der Waals surface area (Å²) in [6.45, 7) is 2.05. The van der Waals surface area contributed by atoms with Crippen LogP contribution in [0.2, 0.25) is 0 Å². The molecule has 0 spiro atoms. The summed E-state index contributed by atoms with van der Waals surface area (Å²) < 4.78 is 24.3. The van der Waals surface area contributed by atoms with Gasteiger partial charge in [0.2, 0.25) is 21.8 Å². The molecule has 0 saturated heterocycles. The Morgan fingerprint density at radius 2 is 1.96 bits per heavy atom. The van der Waals surface area contributed by atoms with Gasteiger partial charge in [-0.15, -0.1) is 0 Å². The van der Waals surface area contributed by atoms with E-state index in [0.717, 1.165) is 17.5 Å². The first-order valence-corrected chi connectivity index (χ1v) is 9.35. The number of benzene rings is 1. The molecule has 1 aliphatic heterocycles. The molecule has 0 radical (unpaired) electrons. The van der Waals surface area contributed by atoms with Crippen molar-refractivity contribution in [2.45, 2.75) is 25.8 Å². The van der Waals surface area contributed by atoms with Crippen LogP contribution in [0.5, 0.6) is 0 Å². The number of nitrogens with one attached hydrogen (secondary N) is 2. The third kappa shape index (κ3) is 4.29. The number of carbonyl (C=O) groups is 2. The van der Waals surface area contributed by atoms with Crippen LogP contribution in [-0.4, -0.2) is 45.6 Å². The average Bonchev–Trinajstić information content (AvgIpc) is 2.89. The highest BCUT2D eigenvalue weighted by Crippen LogP contribution is 2.32. The second-order valence-electron chi connectivity index (χ2n) is 5.42. The zero-order chi connectivity index (χ0) is 17.0. The number of nitrogens with zero attached hydrogens (tertiary/aromatic N) is 1. The standard InChI is InChI=1S/C15H21N3O4S/c1-3-14(19)18-12-7-5-4-6-11(12)10-13(18)15(20)16-8-9-17-23(2,21)22/h4-7,13,17H,3,8-10H2,1-2H3,(H,16,20)/t13-/m0/s1. The van der Waals surface area contributed by atoms with Crippen molar-refractivity contribution in [1.29, 1.82) is 0 Å². The summed E-state index contributed by atoms with van der Waals surface area (Å²) in [5.41, 5.74) is 1.73. The number of para-hydroxylation sites is 1. The van der Waals surface area contributed by atoms with Gasteiger partial charge < -0.3 is 5.32 Å². The molecule has 1 aliphatic rings. The summed E-state index contributed by atoms with van der Waals surface area (Å²) in [6, 6.07) is 6.87. The number of hydrogen-bond donors (Lipinski definition) is 2. The Bertz CT molecular complexity index is 702. The molecule has 2 rings (SSSR count). The first kappa shape index (κ1) is 17.4. The smallest absolute Gasteiger partial charge is 0.243 e. The molecule has 2 N–H and O–H groups in total. The summed E-state index contributed by atoms with van der Waals surface area (Å²) in [6.07, 6.45) is 1.84. The minimum absolute atomic E-state index is 0.107. The number of carbonyl (C=O) groups excluding carboxylic acids is 2.